The highest BCUT2D eigenvalue weighted by Crippen LogP contribution is 2.42. The number of aromatic nitrogens is 1. The van der Waals surface area contributed by atoms with Crippen LogP contribution in [0, 0.1) is 0 Å². The van der Waals surface area contributed by atoms with Crippen molar-refractivity contribution < 1.29 is 4.79 Å². The molecule has 1 aromatic heterocycles. The van der Waals surface area contributed by atoms with Crippen molar-refractivity contribution in [3.8, 4) is 0 Å². The van der Waals surface area contributed by atoms with E-state index in [9.17, 15) is 4.79 Å². The highest BCUT2D eigenvalue weighted by atomic mass is 35.5. The van der Waals surface area contributed by atoms with Gasteiger partial charge in [0.1, 0.15) is 5.88 Å². The predicted molar refractivity (Wildman–Crippen MR) is 87.9 cm³/mol. The normalized spacial score (nSPS) is 22.5. The van der Waals surface area contributed by atoms with Crippen molar-refractivity contribution in [2.75, 3.05) is 32.1 Å². The molecular weight excluding hydrogens is 298 g/mol. The first-order valence-electron chi connectivity index (χ1n) is 8.25. The number of carbonyl (C=O) groups is 1. The van der Waals surface area contributed by atoms with Crippen molar-refractivity contribution in [1.82, 2.24) is 14.8 Å². The summed E-state index contributed by atoms with van der Waals surface area (Å²) in [5.74, 6) is 0.147. The minimum atomic E-state index is 0.0559. The smallest absolute Gasteiger partial charge is 0.237 e. The third-order valence-corrected chi connectivity index (χ3v) is 5.46. The van der Waals surface area contributed by atoms with E-state index in [1.807, 2.05) is 23.4 Å². The zero-order valence-corrected chi connectivity index (χ0v) is 13.8. The van der Waals surface area contributed by atoms with E-state index in [1.165, 1.54) is 37.7 Å². The number of carbonyl (C=O) groups excluding carboxylic acids is 1. The fraction of sp³-hybridized carbons (Fsp3) is 0.647. The van der Waals surface area contributed by atoms with Crippen molar-refractivity contribution in [2.45, 2.75) is 37.6 Å². The van der Waals surface area contributed by atoms with Crippen LogP contribution in [0.2, 0.25) is 0 Å². The Labute approximate surface area is 137 Å². The molecule has 120 valence electrons. The molecule has 5 heteroatoms. The Bertz CT molecular complexity index is 494. The number of hydrogen-bond acceptors (Lipinski definition) is 3. The average molecular weight is 322 g/mol. The Morgan fingerprint density at radius 1 is 1.18 bits per heavy atom. The number of piperazine rings is 1. The molecule has 0 spiro atoms. The van der Waals surface area contributed by atoms with Crippen LogP contribution < -0.4 is 0 Å². The molecule has 4 nitrogen and oxygen atoms in total. The van der Waals surface area contributed by atoms with Gasteiger partial charge in [0.25, 0.3) is 0 Å². The number of pyridine rings is 1. The maximum atomic E-state index is 11.8. The Morgan fingerprint density at radius 3 is 2.50 bits per heavy atom. The van der Waals surface area contributed by atoms with Gasteiger partial charge in [0.2, 0.25) is 5.91 Å². The van der Waals surface area contributed by atoms with E-state index in [4.69, 9.17) is 11.6 Å². The van der Waals surface area contributed by atoms with Gasteiger partial charge in [-0.25, -0.2) is 0 Å². The standard InChI is InChI=1S/C17H24ClN3O/c18-13-16(22)20-9-11-21(12-10-20)17(6-2-1-3-7-17)15-5-4-8-19-14-15/h4-5,8,14H,1-3,6-7,9-13H2. The minimum Gasteiger partial charge on any atom is -0.339 e. The Kier molecular flexibility index (Phi) is 4.99. The van der Waals surface area contributed by atoms with Gasteiger partial charge >= 0.3 is 0 Å². The lowest BCUT2D eigenvalue weighted by molar-refractivity contribution is -0.131. The number of halogens is 1. The lowest BCUT2D eigenvalue weighted by atomic mass is 9.75. The van der Waals surface area contributed by atoms with Gasteiger partial charge in [-0.05, 0) is 24.5 Å². The molecule has 2 aliphatic rings. The first kappa shape index (κ1) is 15.8. The minimum absolute atomic E-state index is 0.0559. The van der Waals surface area contributed by atoms with Crippen molar-refractivity contribution in [2.24, 2.45) is 0 Å². The summed E-state index contributed by atoms with van der Waals surface area (Å²) in [6, 6.07) is 4.26. The van der Waals surface area contributed by atoms with E-state index in [-0.39, 0.29) is 17.3 Å². The zero-order chi connectivity index (χ0) is 15.4. The first-order valence-corrected chi connectivity index (χ1v) is 8.79. The molecular formula is C17H24ClN3O. The van der Waals surface area contributed by atoms with Crippen molar-refractivity contribution in [3.05, 3.63) is 30.1 Å². The topological polar surface area (TPSA) is 36.4 Å². The molecule has 0 unspecified atom stereocenters. The van der Waals surface area contributed by atoms with Crippen LogP contribution in [0.1, 0.15) is 37.7 Å². The van der Waals surface area contributed by atoms with Gasteiger partial charge in [-0.15, -0.1) is 11.6 Å². The summed E-state index contributed by atoms with van der Waals surface area (Å²) in [5, 5.41) is 0. The summed E-state index contributed by atoms with van der Waals surface area (Å²) in [6.07, 6.45) is 10.1. The third-order valence-electron chi connectivity index (χ3n) is 5.23. The van der Waals surface area contributed by atoms with Crippen LogP contribution in [-0.2, 0) is 10.3 Å². The van der Waals surface area contributed by atoms with Crippen molar-refractivity contribution in [1.29, 1.82) is 0 Å². The van der Waals surface area contributed by atoms with Crippen LogP contribution in [0.3, 0.4) is 0 Å². The third kappa shape index (κ3) is 2.99. The number of nitrogens with zero attached hydrogens (tertiary/aromatic N) is 3. The van der Waals surface area contributed by atoms with Crippen LogP contribution in [0.5, 0.6) is 0 Å². The van der Waals surface area contributed by atoms with Gasteiger partial charge < -0.3 is 4.90 Å². The Morgan fingerprint density at radius 2 is 1.91 bits per heavy atom. The molecule has 0 atom stereocenters. The zero-order valence-electron chi connectivity index (χ0n) is 13.0. The van der Waals surface area contributed by atoms with Gasteiger partial charge in [-0.1, -0.05) is 25.3 Å². The first-order chi connectivity index (χ1) is 10.8. The summed E-state index contributed by atoms with van der Waals surface area (Å²) in [6.45, 7) is 3.43. The van der Waals surface area contributed by atoms with Crippen molar-refractivity contribution in [3.63, 3.8) is 0 Å². The predicted octanol–water partition coefficient (Wildman–Crippen LogP) is 2.62. The van der Waals surface area contributed by atoms with E-state index in [2.05, 4.69) is 16.0 Å². The van der Waals surface area contributed by atoms with Crippen molar-refractivity contribution >= 4 is 17.5 Å². The van der Waals surface area contributed by atoms with Crippen LogP contribution in [0.25, 0.3) is 0 Å². The summed E-state index contributed by atoms with van der Waals surface area (Å²) < 4.78 is 0. The average Bonchev–Trinajstić information content (AvgIpc) is 2.62. The molecule has 3 rings (SSSR count). The van der Waals surface area contributed by atoms with Gasteiger partial charge in [0, 0.05) is 44.1 Å². The molecule has 2 fully saturated rings. The molecule has 0 N–H and O–H groups in total. The second-order valence-electron chi connectivity index (χ2n) is 6.34. The van der Waals surface area contributed by atoms with E-state index in [0.29, 0.717) is 0 Å². The van der Waals surface area contributed by atoms with E-state index in [0.717, 1.165) is 26.2 Å². The lowest BCUT2D eigenvalue weighted by Crippen LogP contribution is -2.57. The van der Waals surface area contributed by atoms with E-state index >= 15 is 0 Å². The molecule has 0 aromatic carbocycles. The largest absolute Gasteiger partial charge is 0.339 e. The highest BCUT2D eigenvalue weighted by molar-refractivity contribution is 6.27. The highest BCUT2D eigenvalue weighted by Gasteiger charge is 2.41. The molecule has 1 saturated carbocycles. The van der Waals surface area contributed by atoms with Gasteiger partial charge in [-0.3, -0.25) is 14.7 Å². The number of hydrogen-bond donors (Lipinski definition) is 0. The van der Waals surface area contributed by atoms with Crippen LogP contribution in [0.15, 0.2) is 24.5 Å². The molecule has 0 radical (unpaired) electrons. The molecule has 2 heterocycles. The molecule has 1 amide bonds. The fourth-order valence-corrected chi connectivity index (χ4v) is 4.20. The molecule has 1 aromatic rings. The Hall–Kier alpha value is -1.13. The van der Waals surface area contributed by atoms with E-state index < -0.39 is 0 Å². The monoisotopic (exact) mass is 321 g/mol. The molecule has 1 saturated heterocycles. The quantitative estimate of drug-likeness (QED) is 0.803. The molecule has 1 aliphatic carbocycles. The number of alkyl halides is 1. The van der Waals surface area contributed by atoms with Crippen LogP contribution in [0.4, 0.5) is 0 Å². The summed E-state index contributed by atoms with van der Waals surface area (Å²) >= 11 is 5.68. The summed E-state index contributed by atoms with van der Waals surface area (Å²) in [5.41, 5.74) is 1.45. The second-order valence-corrected chi connectivity index (χ2v) is 6.60. The second kappa shape index (κ2) is 6.97. The van der Waals surface area contributed by atoms with E-state index in [1.54, 1.807) is 0 Å². The maximum Gasteiger partial charge on any atom is 0.237 e. The fourth-order valence-electron chi connectivity index (χ4n) is 4.03. The lowest BCUT2D eigenvalue weighted by Gasteiger charge is -2.50. The molecule has 22 heavy (non-hydrogen) atoms. The SMILES string of the molecule is O=C(CCl)N1CCN(C2(c3cccnc3)CCCCC2)CC1. The number of rotatable bonds is 3. The summed E-state index contributed by atoms with van der Waals surface area (Å²) in [4.78, 5) is 20.6. The number of amides is 1. The molecule has 1 aliphatic heterocycles. The maximum absolute atomic E-state index is 11.8. The van der Waals surface area contributed by atoms with Gasteiger partial charge in [-0.2, -0.15) is 0 Å². The molecule has 0 bridgehead atoms. The van der Waals surface area contributed by atoms with Crippen LogP contribution in [-0.4, -0.2) is 52.8 Å². The summed E-state index contributed by atoms with van der Waals surface area (Å²) in [7, 11) is 0. The van der Waals surface area contributed by atoms with Crippen LogP contribution >= 0.6 is 11.6 Å². The Balaban J connectivity index is 1.78. The van der Waals surface area contributed by atoms with Gasteiger partial charge in [0.05, 0.1) is 0 Å². The van der Waals surface area contributed by atoms with Gasteiger partial charge in [0.15, 0.2) is 0 Å².